The van der Waals surface area contributed by atoms with E-state index in [1.807, 2.05) is 13.0 Å². The molecule has 0 atom stereocenters. The van der Waals surface area contributed by atoms with Crippen LogP contribution in [0, 0.1) is 13.8 Å². The Morgan fingerprint density at radius 3 is 2.44 bits per heavy atom. The number of aromatic nitrogens is 1. The van der Waals surface area contributed by atoms with Gasteiger partial charge >= 0.3 is 0 Å². The van der Waals surface area contributed by atoms with Gasteiger partial charge in [-0.2, -0.15) is 0 Å². The van der Waals surface area contributed by atoms with Gasteiger partial charge < -0.3 is 4.57 Å². The minimum absolute atomic E-state index is 0.839. The second-order valence-electron chi connectivity index (χ2n) is 4.51. The average Bonchev–Trinajstić information content (AvgIpc) is 2.55. The van der Waals surface area contributed by atoms with Gasteiger partial charge in [0.1, 0.15) is 0 Å². The van der Waals surface area contributed by atoms with E-state index >= 15 is 0 Å². The van der Waals surface area contributed by atoms with Crippen molar-refractivity contribution in [2.24, 2.45) is 0 Å². The fourth-order valence-electron chi connectivity index (χ4n) is 2.16. The van der Waals surface area contributed by atoms with Crippen LogP contribution in [0.25, 0.3) is 0 Å². The number of nitrogens with zero attached hydrogens (tertiary/aromatic N) is 1. The summed E-state index contributed by atoms with van der Waals surface area (Å²) in [5.41, 5.74) is 3.16. The number of unbranched alkanes of at least 4 members (excludes halogenated alkanes) is 4. The smallest absolute Gasteiger partial charge is 0.151 e. The van der Waals surface area contributed by atoms with Crippen LogP contribution in [0.1, 0.15) is 60.8 Å². The molecule has 1 heterocycles. The molecule has 2 nitrogen and oxygen atoms in total. The summed E-state index contributed by atoms with van der Waals surface area (Å²) >= 11 is 0. The Balaban J connectivity index is 2.47. The standard InChI is InChI=1S/C14H23NO/c1-4-5-6-7-8-9-15-12(2)10-14(11-16)13(15)3/h10-11H,4-9H2,1-3H3. The first-order chi connectivity index (χ1) is 7.70. The molecule has 0 fully saturated rings. The minimum atomic E-state index is 0.839. The van der Waals surface area contributed by atoms with Gasteiger partial charge in [-0.05, 0) is 26.3 Å². The van der Waals surface area contributed by atoms with Crippen LogP contribution in [0.3, 0.4) is 0 Å². The van der Waals surface area contributed by atoms with E-state index in [9.17, 15) is 4.79 Å². The van der Waals surface area contributed by atoms with Gasteiger partial charge in [0.2, 0.25) is 0 Å². The van der Waals surface area contributed by atoms with Crippen molar-refractivity contribution >= 4 is 6.29 Å². The maximum Gasteiger partial charge on any atom is 0.151 e. The highest BCUT2D eigenvalue weighted by Gasteiger charge is 2.07. The Morgan fingerprint density at radius 1 is 1.19 bits per heavy atom. The quantitative estimate of drug-likeness (QED) is 0.506. The summed E-state index contributed by atoms with van der Waals surface area (Å²) in [4.78, 5) is 10.8. The van der Waals surface area contributed by atoms with E-state index in [0.29, 0.717) is 0 Å². The number of hydrogen-bond donors (Lipinski definition) is 0. The predicted molar refractivity (Wildman–Crippen MR) is 68.1 cm³/mol. The molecule has 0 aliphatic carbocycles. The molecule has 0 saturated carbocycles. The number of carbonyl (C=O) groups is 1. The Labute approximate surface area is 98.7 Å². The van der Waals surface area contributed by atoms with Crippen LogP contribution in [0.15, 0.2) is 6.07 Å². The second kappa shape index (κ2) is 6.51. The van der Waals surface area contributed by atoms with E-state index in [4.69, 9.17) is 0 Å². The van der Waals surface area contributed by atoms with Crippen LogP contribution in [-0.2, 0) is 6.54 Å². The van der Waals surface area contributed by atoms with E-state index in [2.05, 4.69) is 18.4 Å². The Kier molecular flexibility index (Phi) is 5.30. The molecule has 0 saturated heterocycles. The van der Waals surface area contributed by atoms with E-state index in [-0.39, 0.29) is 0 Å². The molecule has 1 aromatic rings. The number of aryl methyl sites for hydroxylation is 1. The molecule has 90 valence electrons. The summed E-state index contributed by atoms with van der Waals surface area (Å²) in [5.74, 6) is 0. The molecule has 1 aromatic heterocycles. The SMILES string of the molecule is CCCCCCCn1c(C)cc(C=O)c1C. The molecule has 0 radical (unpaired) electrons. The van der Waals surface area contributed by atoms with Crippen molar-refractivity contribution in [3.8, 4) is 0 Å². The molecule has 0 amide bonds. The summed E-state index contributed by atoms with van der Waals surface area (Å²) in [6.45, 7) is 7.39. The normalized spacial score (nSPS) is 10.7. The summed E-state index contributed by atoms with van der Waals surface area (Å²) in [7, 11) is 0. The van der Waals surface area contributed by atoms with Gasteiger partial charge in [-0.3, -0.25) is 4.79 Å². The fraction of sp³-hybridized carbons (Fsp3) is 0.643. The zero-order valence-corrected chi connectivity index (χ0v) is 10.8. The van der Waals surface area contributed by atoms with Crippen LogP contribution in [0.2, 0.25) is 0 Å². The first-order valence-electron chi connectivity index (χ1n) is 6.32. The number of carbonyl (C=O) groups excluding carboxylic acids is 1. The summed E-state index contributed by atoms with van der Waals surface area (Å²) in [6.07, 6.45) is 7.42. The number of aldehydes is 1. The topological polar surface area (TPSA) is 22.0 Å². The van der Waals surface area contributed by atoms with Crippen LogP contribution in [0.4, 0.5) is 0 Å². The van der Waals surface area contributed by atoms with Gasteiger partial charge in [0.15, 0.2) is 6.29 Å². The number of hydrogen-bond acceptors (Lipinski definition) is 1. The van der Waals surface area contributed by atoms with Crippen molar-refractivity contribution in [2.45, 2.75) is 59.4 Å². The van der Waals surface area contributed by atoms with Crippen molar-refractivity contribution in [3.05, 3.63) is 23.0 Å². The van der Waals surface area contributed by atoms with Gasteiger partial charge in [0.05, 0.1) is 0 Å². The summed E-state index contributed by atoms with van der Waals surface area (Å²) < 4.78 is 2.26. The van der Waals surface area contributed by atoms with Gasteiger partial charge in [-0.1, -0.05) is 32.6 Å². The predicted octanol–water partition coefficient (Wildman–Crippen LogP) is 3.89. The van der Waals surface area contributed by atoms with E-state index in [0.717, 1.165) is 24.1 Å². The lowest BCUT2D eigenvalue weighted by molar-refractivity contribution is 0.112. The molecule has 16 heavy (non-hydrogen) atoms. The van der Waals surface area contributed by atoms with Crippen LogP contribution >= 0.6 is 0 Å². The van der Waals surface area contributed by atoms with Crippen LogP contribution < -0.4 is 0 Å². The monoisotopic (exact) mass is 221 g/mol. The summed E-state index contributed by atoms with van der Waals surface area (Å²) in [5, 5.41) is 0. The molecule has 0 unspecified atom stereocenters. The lowest BCUT2D eigenvalue weighted by atomic mass is 10.1. The third-order valence-corrected chi connectivity index (χ3v) is 3.23. The number of rotatable bonds is 7. The van der Waals surface area contributed by atoms with E-state index in [1.54, 1.807) is 0 Å². The first-order valence-corrected chi connectivity index (χ1v) is 6.32. The van der Waals surface area contributed by atoms with E-state index in [1.165, 1.54) is 37.8 Å². The van der Waals surface area contributed by atoms with Gasteiger partial charge in [0.25, 0.3) is 0 Å². The molecule has 2 heteroatoms. The molecule has 0 aromatic carbocycles. The molecular weight excluding hydrogens is 198 g/mol. The van der Waals surface area contributed by atoms with E-state index < -0.39 is 0 Å². The highest BCUT2D eigenvalue weighted by molar-refractivity contribution is 5.77. The first kappa shape index (κ1) is 13.0. The molecule has 0 aliphatic heterocycles. The molecular formula is C14H23NO. The highest BCUT2D eigenvalue weighted by Crippen LogP contribution is 2.14. The summed E-state index contributed by atoms with van der Waals surface area (Å²) in [6, 6.07) is 1.98. The average molecular weight is 221 g/mol. The third kappa shape index (κ3) is 3.22. The Bertz CT molecular complexity index is 339. The molecule has 0 N–H and O–H groups in total. The highest BCUT2D eigenvalue weighted by atomic mass is 16.1. The Morgan fingerprint density at radius 2 is 1.88 bits per heavy atom. The fourth-order valence-corrected chi connectivity index (χ4v) is 2.16. The van der Waals surface area contributed by atoms with Gasteiger partial charge in [-0.15, -0.1) is 0 Å². The molecule has 0 bridgehead atoms. The maximum atomic E-state index is 10.8. The molecule has 1 rings (SSSR count). The van der Waals surface area contributed by atoms with Crippen molar-refractivity contribution in [2.75, 3.05) is 0 Å². The zero-order valence-electron chi connectivity index (χ0n) is 10.8. The minimum Gasteiger partial charge on any atom is -0.348 e. The lowest BCUT2D eigenvalue weighted by Gasteiger charge is -2.08. The molecule has 0 spiro atoms. The van der Waals surface area contributed by atoms with Crippen LogP contribution in [-0.4, -0.2) is 10.9 Å². The lowest BCUT2D eigenvalue weighted by Crippen LogP contribution is -2.02. The largest absolute Gasteiger partial charge is 0.348 e. The van der Waals surface area contributed by atoms with Crippen molar-refractivity contribution in [3.63, 3.8) is 0 Å². The van der Waals surface area contributed by atoms with Crippen molar-refractivity contribution < 1.29 is 4.79 Å². The molecule has 0 aliphatic rings. The van der Waals surface area contributed by atoms with Crippen molar-refractivity contribution in [1.29, 1.82) is 0 Å². The van der Waals surface area contributed by atoms with Gasteiger partial charge in [0, 0.05) is 23.5 Å². The zero-order chi connectivity index (χ0) is 12.0. The second-order valence-corrected chi connectivity index (χ2v) is 4.51. The van der Waals surface area contributed by atoms with Gasteiger partial charge in [-0.25, -0.2) is 0 Å². The Hall–Kier alpha value is -1.05. The van der Waals surface area contributed by atoms with Crippen molar-refractivity contribution in [1.82, 2.24) is 4.57 Å². The van der Waals surface area contributed by atoms with Crippen LogP contribution in [0.5, 0.6) is 0 Å². The maximum absolute atomic E-state index is 10.8. The third-order valence-electron chi connectivity index (χ3n) is 3.23.